The van der Waals surface area contributed by atoms with Gasteiger partial charge >= 0.3 is 0 Å². The van der Waals surface area contributed by atoms with E-state index in [-0.39, 0.29) is 16.7 Å². The molecule has 0 aromatic heterocycles. The maximum absolute atomic E-state index is 13.6. The van der Waals surface area contributed by atoms with Crippen molar-refractivity contribution in [2.45, 2.75) is 30.7 Å². The molecule has 2 rings (SSSR count). The molecule has 1 atom stereocenters. The number of sulfonamides is 1. The van der Waals surface area contributed by atoms with Crippen LogP contribution in [0, 0.1) is 5.82 Å². The molecule has 5 nitrogen and oxygen atoms in total. The van der Waals surface area contributed by atoms with Crippen molar-refractivity contribution in [1.82, 2.24) is 9.62 Å². The summed E-state index contributed by atoms with van der Waals surface area (Å²) < 4.78 is 45.4. The standard InChI is InChI=1S/C14H21FN2O3S/c1-3-17-8-4-5-11(17)10-16-21(18,19)12-6-7-14(20-2)13(15)9-12/h6-7,9,11,16H,3-5,8,10H2,1-2H3/t11-/m0/s1. The molecule has 118 valence electrons. The van der Waals surface area contributed by atoms with Crippen molar-refractivity contribution in [3.63, 3.8) is 0 Å². The van der Waals surface area contributed by atoms with Gasteiger partial charge in [0.2, 0.25) is 10.0 Å². The monoisotopic (exact) mass is 316 g/mol. The van der Waals surface area contributed by atoms with E-state index in [2.05, 4.69) is 16.5 Å². The predicted octanol–water partition coefficient (Wildman–Crippen LogP) is 1.60. The van der Waals surface area contributed by atoms with Gasteiger partial charge in [0.1, 0.15) is 0 Å². The number of methoxy groups -OCH3 is 1. The zero-order valence-corrected chi connectivity index (χ0v) is 13.1. The Morgan fingerprint density at radius 3 is 2.86 bits per heavy atom. The summed E-state index contributed by atoms with van der Waals surface area (Å²) in [4.78, 5) is 2.17. The van der Waals surface area contributed by atoms with Crippen LogP contribution in [0.5, 0.6) is 5.75 Å². The van der Waals surface area contributed by atoms with Gasteiger partial charge in [0.05, 0.1) is 12.0 Å². The topological polar surface area (TPSA) is 58.6 Å². The molecule has 0 unspecified atom stereocenters. The van der Waals surface area contributed by atoms with Crippen molar-refractivity contribution >= 4 is 10.0 Å². The van der Waals surface area contributed by atoms with Crippen molar-refractivity contribution in [2.24, 2.45) is 0 Å². The number of likely N-dealkylation sites (N-methyl/N-ethyl adjacent to an activating group) is 1. The summed E-state index contributed by atoms with van der Waals surface area (Å²) in [7, 11) is -2.36. The number of rotatable bonds is 6. The molecule has 1 heterocycles. The Kier molecular flexibility index (Phi) is 5.18. The van der Waals surface area contributed by atoms with Crippen LogP contribution in [0.4, 0.5) is 4.39 Å². The fourth-order valence-corrected chi connectivity index (χ4v) is 3.73. The third kappa shape index (κ3) is 3.72. The maximum atomic E-state index is 13.6. The van der Waals surface area contributed by atoms with Crippen LogP contribution >= 0.6 is 0 Å². The van der Waals surface area contributed by atoms with Crippen molar-refractivity contribution in [2.75, 3.05) is 26.7 Å². The lowest BCUT2D eigenvalue weighted by molar-refractivity contribution is 0.268. The Morgan fingerprint density at radius 1 is 1.48 bits per heavy atom. The molecular formula is C14H21FN2O3S. The average molecular weight is 316 g/mol. The molecular weight excluding hydrogens is 295 g/mol. The van der Waals surface area contributed by atoms with Crippen LogP contribution in [0.25, 0.3) is 0 Å². The first-order chi connectivity index (χ1) is 9.97. The summed E-state index contributed by atoms with van der Waals surface area (Å²) in [6.45, 7) is 4.32. The van der Waals surface area contributed by atoms with E-state index in [1.165, 1.54) is 19.2 Å². The second-order valence-electron chi connectivity index (χ2n) is 5.07. The van der Waals surface area contributed by atoms with E-state index in [1.807, 2.05) is 0 Å². The van der Waals surface area contributed by atoms with E-state index in [0.29, 0.717) is 6.54 Å². The molecule has 1 saturated heterocycles. The van der Waals surface area contributed by atoms with Gasteiger partial charge in [-0.05, 0) is 44.1 Å². The zero-order valence-electron chi connectivity index (χ0n) is 12.3. The van der Waals surface area contributed by atoms with E-state index >= 15 is 0 Å². The summed E-state index contributed by atoms with van der Waals surface area (Å²) >= 11 is 0. The minimum Gasteiger partial charge on any atom is -0.494 e. The number of benzene rings is 1. The first kappa shape index (κ1) is 16.2. The van der Waals surface area contributed by atoms with Gasteiger partial charge in [-0.2, -0.15) is 0 Å². The lowest BCUT2D eigenvalue weighted by atomic mass is 10.2. The molecule has 1 aliphatic rings. The molecule has 0 radical (unpaired) electrons. The first-order valence-corrected chi connectivity index (χ1v) is 8.53. The SMILES string of the molecule is CCN1CCC[C@H]1CNS(=O)(=O)c1ccc(OC)c(F)c1. The molecule has 1 aromatic carbocycles. The van der Waals surface area contributed by atoms with Crippen LogP contribution in [0.1, 0.15) is 19.8 Å². The largest absolute Gasteiger partial charge is 0.494 e. The van der Waals surface area contributed by atoms with Crippen LogP contribution < -0.4 is 9.46 Å². The van der Waals surface area contributed by atoms with Crippen LogP contribution in [0.15, 0.2) is 23.1 Å². The maximum Gasteiger partial charge on any atom is 0.240 e. The number of nitrogens with zero attached hydrogens (tertiary/aromatic N) is 1. The van der Waals surface area contributed by atoms with Gasteiger partial charge in [0.25, 0.3) is 0 Å². The zero-order chi connectivity index (χ0) is 15.5. The number of likely N-dealkylation sites (tertiary alicyclic amines) is 1. The number of ether oxygens (including phenoxy) is 1. The lowest BCUT2D eigenvalue weighted by Crippen LogP contribution is -2.40. The number of halogens is 1. The van der Waals surface area contributed by atoms with Crippen LogP contribution in [-0.4, -0.2) is 46.1 Å². The highest BCUT2D eigenvalue weighted by Crippen LogP contribution is 2.21. The van der Waals surface area contributed by atoms with Gasteiger partial charge in [0.15, 0.2) is 11.6 Å². The predicted molar refractivity (Wildman–Crippen MR) is 78.4 cm³/mol. The summed E-state index contributed by atoms with van der Waals surface area (Å²) in [5, 5.41) is 0. The molecule has 0 saturated carbocycles. The van der Waals surface area contributed by atoms with E-state index in [9.17, 15) is 12.8 Å². The molecule has 0 aliphatic carbocycles. The molecule has 1 aromatic rings. The molecule has 7 heteroatoms. The molecule has 0 bridgehead atoms. The van der Waals surface area contributed by atoms with E-state index in [0.717, 1.165) is 32.0 Å². The second kappa shape index (κ2) is 6.72. The summed E-state index contributed by atoms with van der Waals surface area (Å²) in [5.74, 6) is -0.654. The Hall–Kier alpha value is -1.18. The quantitative estimate of drug-likeness (QED) is 0.866. The number of hydrogen-bond acceptors (Lipinski definition) is 4. The normalized spacial score (nSPS) is 19.9. The van der Waals surface area contributed by atoms with Gasteiger partial charge in [-0.1, -0.05) is 6.92 Å². The number of hydrogen-bond donors (Lipinski definition) is 1. The number of nitrogens with one attached hydrogen (secondary N) is 1. The molecule has 1 fully saturated rings. The van der Waals surface area contributed by atoms with Crippen LogP contribution in [-0.2, 0) is 10.0 Å². The Bertz CT molecular complexity index is 592. The first-order valence-electron chi connectivity index (χ1n) is 7.05. The summed E-state index contributed by atoms with van der Waals surface area (Å²) in [6, 6.07) is 3.86. The molecule has 1 aliphatic heterocycles. The Morgan fingerprint density at radius 2 is 2.24 bits per heavy atom. The molecule has 1 N–H and O–H groups in total. The lowest BCUT2D eigenvalue weighted by Gasteiger charge is -2.22. The highest BCUT2D eigenvalue weighted by molar-refractivity contribution is 7.89. The third-order valence-corrected chi connectivity index (χ3v) is 5.27. The van der Waals surface area contributed by atoms with Gasteiger partial charge < -0.3 is 4.74 Å². The minimum absolute atomic E-state index is 0.0295. The molecule has 0 spiro atoms. The smallest absolute Gasteiger partial charge is 0.240 e. The Balaban J connectivity index is 2.06. The summed E-state index contributed by atoms with van der Waals surface area (Å²) in [5.41, 5.74) is 0. The van der Waals surface area contributed by atoms with E-state index in [4.69, 9.17) is 4.74 Å². The van der Waals surface area contributed by atoms with Gasteiger partial charge in [-0.25, -0.2) is 17.5 Å². The fraction of sp³-hybridized carbons (Fsp3) is 0.571. The average Bonchev–Trinajstić information content (AvgIpc) is 2.92. The van der Waals surface area contributed by atoms with Crippen LogP contribution in [0.3, 0.4) is 0 Å². The van der Waals surface area contributed by atoms with Crippen LogP contribution in [0.2, 0.25) is 0 Å². The Labute approximate surface area is 125 Å². The molecule has 0 amide bonds. The highest BCUT2D eigenvalue weighted by Gasteiger charge is 2.25. The van der Waals surface area contributed by atoms with Crippen molar-refractivity contribution in [3.05, 3.63) is 24.0 Å². The fourth-order valence-electron chi connectivity index (χ4n) is 2.65. The van der Waals surface area contributed by atoms with Gasteiger partial charge in [-0.3, -0.25) is 4.90 Å². The van der Waals surface area contributed by atoms with Gasteiger partial charge in [-0.15, -0.1) is 0 Å². The minimum atomic E-state index is -3.70. The van der Waals surface area contributed by atoms with Crippen molar-refractivity contribution in [3.8, 4) is 5.75 Å². The molecule has 21 heavy (non-hydrogen) atoms. The van der Waals surface area contributed by atoms with E-state index < -0.39 is 15.8 Å². The third-order valence-electron chi connectivity index (χ3n) is 3.85. The summed E-state index contributed by atoms with van der Waals surface area (Å²) in [6.07, 6.45) is 2.06. The van der Waals surface area contributed by atoms with Gasteiger partial charge in [0, 0.05) is 12.6 Å². The van der Waals surface area contributed by atoms with Crippen molar-refractivity contribution < 1.29 is 17.5 Å². The van der Waals surface area contributed by atoms with E-state index in [1.54, 1.807) is 0 Å². The van der Waals surface area contributed by atoms with Crippen molar-refractivity contribution in [1.29, 1.82) is 0 Å². The highest BCUT2D eigenvalue weighted by atomic mass is 32.2. The second-order valence-corrected chi connectivity index (χ2v) is 6.84.